The molecule has 0 amide bonds. The number of methoxy groups -OCH3 is 2. The fourth-order valence-corrected chi connectivity index (χ4v) is 7.94. The van der Waals surface area contributed by atoms with Gasteiger partial charge in [0.05, 0.1) is 33.1 Å². The normalized spacial score (nSPS) is 25.6. The van der Waals surface area contributed by atoms with Crippen molar-refractivity contribution in [2.75, 3.05) is 48.1 Å². The number of benzene rings is 3. The summed E-state index contributed by atoms with van der Waals surface area (Å²) in [5, 5.41) is 0. The lowest BCUT2D eigenvalue weighted by molar-refractivity contribution is -0.137. The quantitative estimate of drug-likeness (QED) is 0.251. The molecule has 0 bridgehead atoms. The van der Waals surface area contributed by atoms with E-state index in [9.17, 15) is 0 Å². The Labute approximate surface area is 258 Å². The fourth-order valence-electron chi connectivity index (χ4n) is 7.94. The van der Waals surface area contributed by atoms with E-state index >= 15 is 0 Å². The van der Waals surface area contributed by atoms with Gasteiger partial charge in [-0.15, -0.1) is 0 Å². The van der Waals surface area contributed by atoms with Gasteiger partial charge in [-0.1, -0.05) is 66.7 Å². The first-order valence-corrected chi connectivity index (χ1v) is 16.0. The summed E-state index contributed by atoms with van der Waals surface area (Å²) in [5.74, 6) is 1.58. The second-order valence-electron chi connectivity index (χ2n) is 13.3. The lowest BCUT2D eigenvalue weighted by Crippen LogP contribution is -2.59. The van der Waals surface area contributed by atoms with E-state index in [2.05, 4.69) is 102 Å². The smallest absolute Gasteiger partial charge is 0.161 e. The molecule has 3 fully saturated rings. The Morgan fingerprint density at radius 1 is 0.744 bits per heavy atom. The second-order valence-corrected chi connectivity index (χ2v) is 13.3. The third-order valence-corrected chi connectivity index (χ3v) is 10.7. The van der Waals surface area contributed by atoms with Crippen molar-refractivity contribution >= 4 is 0 Å². The minimum absolute atomic E-state index is 0.0578. The van der Waals surface area contributed by atoms with Crippen LogP contribution in [0.1, 0.15) is 61.6 Å². The molecule has 0 atom stereocenters. The molecule has 230 valence electrons. The number of hydrogen-bond donors (Lipinski definition) is 0. The van der Waals surface area contributed by atoms with Crippen LogP contribution < -0.4 is 9.47 Å². The van der Waals surface area contributed by atoms with Gasteiger partial charge in [-0.3, -0.25) is 14.7 Å². The second kappa shape index (κ2) is 12.6. The Morgan fingerprint density at radius 3 is 2.02 bits per heavy atom. The van der Waals surface area contributed by atoms with Gasteiger partial charge in [-0.05, 0) is 87.9 Å². The molecule has 1 heterocycles. The Hall–Kier alpha value is -2.90. The van der Waals surface area contributed by atoms with Crippen LogP contribution in [0.4, 0.5) is 0 Å². The predicted molar refractivity (Wildman–Crippen MR) is 172 cm³/mol. The topological polar surface area (TPSA) is 37.4 Å². The van der Waals surface area contributed by atoms with Crippen molar-refractivity contribution in [1.29, 1.82) is 0 Å². The van der Waals surface area contributed by atoms with Gasteiger partial charge >= 0.3 is 0 Å². The van der Waals surface area contributed by atoms with Crippen molar-refractivity contribution in [3.05, 3.63) is 95.6 Å². The maximum absolute atomic E-state index is 6.81. The number of rotatable bonds is 11. The largest absolute Gasteiger partial charge is 0.493 e. The standard InChI is InChI=1S/C37H49N3O3/c1-38(2)37(32-14-9-6-10-15-32)22-20-35(21-23-37)27-39(25-31-16-17-33(41-3)34(24-31)42-4)29-40(35)28-36(18-11-19-36)43-26-30-12-7-5-8-13-30/h5-10,12-17,24H,11,18-23,25-29H2,1-4H3/t35-,37+. The van der Waals surface area contributed by atoms with Crippen LogP contribution in [0.25, 0.3) is 0 Å². The molecule has 0 aromatic heterocycles. The number of nitrogens with zero attached hydrogens (tertiary/aromatic N) is 3. The Balaban J connectivity index is 1.24. The molecule has 43 heavy (non-hydrogen) atoms. The average Bonchev–Trinajstić information content (AvgIpc) is 3.34. The third-order valence-electron chi connectivity index (χ3n) is 10.7. The zero-order chi connectivity index (χ0) is 29.9. The molecular formula is C37H49N3O3. The van der Waals surface area contributed by atoms with E-state index in [1.807, 2.05) is 6.07 Å². The van der Waals surface area contributed by atoms with Gasteiger partial charge in [-0.25, -0.2) is 0 Å². The highest BCUT2D eigenvalue weighted by Crippen LogP contribution is 2.50. The van der Waals surface area contributed by atoms with Crippen LogP contribution in [0, 0.1) is 0 Å². The minimum atomic E-state index is -0.0578. The van der Waals surface area contributed by atoms with Crippen LogP contribution in [-0.4, -0.2) is 73.9 Å². The maximum Gasteiger partial charge on any atom is 0.161 e. The highest BCUT2D eigenvalue weighted by atomic mass is 16.5. The summed E-state index contributed by atoms with van der Waals surface area (Å²) in [4.78, 5) is 7.95. The highest BCUT2D eigenvalue weighted by Gasteiger charge is 2.54. The Morgan fingerprint density at radius 2 is 1.42 bits per heavy atom. The summed E-state index contributed by atoms with van der Waals surface area (Å²) < 4.78 is 17.9. The lowest BCUT2D eigenvalue weighted by Gasteiger charge is -2.53. The fraction of sp³-hybridized carbons (Fsp3) is 0.514. The van der Waals surface area contributed by atoms with E-state index in [-0.39, 0.29) is 16.7 Å². The highest BCUT2D eigenvalue weighted by molar-refractivity contribution is 5.43. The van der Waals surface area contributed by atoms with Crippen LogP contribution in [-0.2, 0) is 23.4 Å². The van der Waals surface area contributed by atoms with Gasteiger partial charge in [-0.2, -0.15) is 0 Å². The molecule has 2 saturated carbocycles. The molecule has 3 aromatic carbocycles. The van der Waals surface area contributed by atoms with E-state index in [0.717, 1.165) is 63.5 Å². The van der Waals surface area contributed by atoms with E-state index in [1.54, 1.807) is 14.2 Å². The van der Waals surface area contributed by atoms with E-state index in [4.69, 9.17) is 14.2 Å². The summed E-state index contributed by atoms with van der Waals surface area (Å²) in [6, 6.07) is 28.2. The van der Waals surface area contributed by atoms with Gasteiger partial charge in [0.1, 0.15) is 0 Å². The minimum Gasteiger partial charge on any atom is -0.493 e. The van der Waals surface area contributed by atoms with Gasteiger partial charge in [0.15, 0.2) is 11.5 Å². The molecule has 1 saturated heterocycles. The molecule has 3 aliphatic rings. The van der Waals surface area contributed by atoms with Crippen molar-refractivity contribution in [3.8, 4) is 11.5 Å². The summed E-state index contributed by atoms with van der Waals surface area (Å²) in [5.41, 5.74) is 4.13. The molecular weight excluding hydrogens is 534 g/mol. The first kappa shape index (κ1) is 30.1. The van der Waals surface area contributed by atoms with Crippen molar-refractivity contribution in [2.45, 2.75) is 74.8 Å². The zero-order valence-corrected chi connectivity index (χ0v) is 26.6. The van der Waals surface area contributed by atoms with Crippen molar-refractivity contribution in [2.24, 2.45) is 0 Å². The van der Waals surface area contributed by atoms with E-state index in [1.165, 1.54) is 36.0 Å². The maximum atomic E-state index is 6.81. The van der Waals surface area contributed by atoms with Crippen LogP contribution in [0.2, 0.25) is 0 Å². The van der Waals surface area contributed by atoms with Gasteiger partial charge in [0, 0.05) is 30.7 Å². The van der Waals surface area contributed by atoms with Crippen LogP contribution in [0.15, 0.2) is 78.9 Å². The molecule has 0 radical (unpaired) electrons. The van der Waals surface area contributed by atoms with Crippen LogP contribution in [0.5, 0.6) is 11.5 Å². The Kier molecular flexibility index (Phi) is 8.84. The number of ether oxygens (including phenoxy) is 3. The summed E-state index contributed by atoms with van der Waals surface area (Å²) in [7, 11) is 7.94. The van der Waals surface area contributed by atoms with Gasteiger partial charge in [0.25, 0.3) is 0 Å². The van der Waals surface area contributed by atoms with Gasteiger partial charge < -0.3 is 14.2 Å². The molecule has 1 aliphatic heterocycles. The molecule has 2 aliphatic carbocycles. The lowest BCUT2D eigenvalue weighted by atomic mass is 9.67. The Bertz CT molecular complexity index is 1330. The molecule has 0 unspecified atom stereocenters. The van der Waals surface area contributed by atoms with Crippen LogP contribution >= 0.6 is 0 Å². The van der Waals surface area contributed by atoms with Gasteiger partial charge in [0.2, 0.25) is 0 Å². The summed E-state index contributed by atoms with van der Waals surface area (Å²) in [6.45, 7) is 4.63. The summed E-state index contributed by atoms with van der Waals surface area (Å²) >= 11 is 0. The van der Waals surface area contributed by atoms with Crippen molar-refractivity contribution < 1.29 is 14.2 Å². The summed E-state index contributed by atoms with van der Waals surface area (Å²) in [6.07, 6.45) is 8.21. The first-order valence-electron chi connectivity index (χ1n) is 16.0. The molecule has 0 N–H and O–H groups in total. The van der Waals surface area contributed by atoms with E-state index in [0.29, 0.717) is 6.61 Å². The van der Waals surface area contributed by atoms with Crippen molar-refractivity contribution in [1.82, 2.24) is 14.7 Å². The molecule has 6 nitrogen and oxygen atoms in total. The zero-order valence-electron chi connectivity index (χ0n) is 26.6. The third kappa shape index (κ3) is 6.08. The predicted octanol–water partition coefficient (Wildman–Crippen LogP) is 6.69. The monoisotopic (exact) mass is 583 g/mol. The number of hydrogen-bond acceptors (Lipinski definition) is 6. The molecule has 3 aromatic rings. The molecule has 6 rings (SSSR count). The average molecular weight is 584 g/mol. The van der Waals surface area contributed by atoms with E-state index < -0.39 is 0 Å². The molecule has 1 spiro atoms. The van der Waals surface area contributed by atoms with Crippen LogP contribution in [0.3, 0.4) is 0 Å². The first-order chi connectivity index (χ1) is 20.9. The molecule has 6 heteroatoms. The SMILES string of the molecule is COc1ccc(CN2CN(CC3(OCc4ccccc4)CCC3)[C@]3(CC[C@@](c4ccccc4)(N(C)C)CC3)C2)cc1OC. The van der Waals surface area contributed by atoms with Crippen molar-refractivity contribution in [3.63, 3.8) is 0 Å².